The van der Waals surface area contributed by atoms with Gasteiger partial charge in [0.1, 0.15) is 5.92 Å². The van der Waals surface area contributed by atoms with Crippen molar-refractivity contribution in [1.82, 2.24) is 5.32 Å². The van der Waals surface area contributed by atoms with Crippen LogP contribution in [0.1, 0.15) is 19.8 Å². The lowest BCUT2D eigenvalue weighted by molar-refractivity contribution is -0.124. The normalized spacial score (nSPS) is 20.3. The van der Waals surface area contributed by atoms with Gasteiger partial charge in [-0.1, -0.05) is 0 Å². The SMILES string of the molecule is CC(C#N)C(=O)NC1CCOCC1. The number of nitriles is 1. The summed E-state index contributed by atoms with van der Waals surface area (Å²) in [6.07, 6.45) is 1.70. The van der Waals surface area contributed by atoms with E-state index in [1.54, 1.807) is 6.92 Å². The van der Waals surface area contributed by atoms with Gasteiger partial charge in [-0.15, -0.1) is 0 Å². The molecule has 1 fully saturated rings. The number of nitrogens with zero attached hydrogens (tertiary/aromatic N) is 1. The van der Waals surface area contributed by atoms with E-state index < -0.39 is 5.92 Å². The number of amides is 1. The van der Waals surface area contributed by atoms with Crippen molar-refractivity contribution in [2.75, 3.05) is 13.2 Å². The quantitative estimate of drug-likeness (QED) is 0.674. The molecule has 1 atom stereocenters. The molecule has 0 spiro atoms. The van der Waals surface area contributed by atoms with Crippen LogP contribution in [0.3, 0.4) is 0 Å². The van der Waals surface area contributed by atoms with Crippen LogP contribution in [0.4, 0.5) is 0 Å². The molecular weight excluding hydrogens is 168 g/mol. The van der Waals surface area contributed by atoms with Crippen molar-refractivity contribution in [2.45, 2.75) is 25.8 Å². The molecule has 0 aromatic carbocycles. The standard InChI is InChI=1S/C9H14N2O2/c1-7(6-10)9(12)11-8-2-4-13-5-3-8/h7-8H,2-5H2,1H3,(H,11,12). The molecule has 1 unspecified atom stereocenters. The van der Waals surface area contributed by atoms with Crippen molar-refractivity contribution in [3.8, 4) is 6.07 Å². The van der Waals surface area contributed by atoms with Gasteiger partial charge < -0.3 is 10.1 Å². The molecule has 4 nitrogen and oxygen atoms in total. The van der Waals surface area contributed by atoms with Gasteiger partial charge in [0.15, 0.2) is 0 Å². The highest BCUT2D eigenvalue weighted by atomic mass is 16.5. The number of hydrogen-bond acceptors (Lipinski definition) is 3. The van der Waals surface area contributed by atoms with Crippen molar-refractivity contribution >= 4 is 5.91 Å². The molecule has 0 aromatic rings. The van der Waals surface area contributed by atoms with Crippen LogP contribution in [0.25, 0.3) is 0 Å². The Balaban J connectivity index is 2.31. The smallest absolute Gasteiger partial charge is 0.237 e. The lowest BCUT2D eigenvalue weighted by atomic mass is 10.1. The first-order valence-corrected chi connectivity index (χ1v) is 4.51. The number of nitrogens with one attached hydrogen (secondary N) is 1. The van der Waals surface area contributed by atoms with Gasteiger partial charge in [0.05, 0.1) is 6.07 Å². The van der Waals surface area contributed by atoms with Gasteiger partial charge in [-0.3, -0.25) is 4.79 Å². The Bertz CT molecular complexity index is 216. The van der Waals surface area contributed by atoms with Gasteiger partial charge in [-0.25, -0.2) is 0 Å². The maximum Gasteiger partial charge on any atom is 0.237 e. The first-order chi connectivity index (χ1) is 6.24. The molecule has 1 N–H and O–H groups in total. The third-order valence-electron chi connectivity index (χ3n) is 2.15. The zero-order valence-corrected chi connectivity index (χ0v) is 7.75. The summed E-state index contributed by atoms with van der Waals surface area (Å²) in [6.45, 7) is 3.01. The minimum absolute atomic E-state index is 0.172. The van der Waals surface area contributed by atoms with Crippen LogP contribution in [-0.2, 0) is 9.53 Å². The molecule has 0 aliphatic carbocycles. The van der Waals surface area contributed by atoms with Crippen molar-refractivity contribution in [3.05, 3.63) is 0 Å². The van der Waals surface area contributed by atoms with Crippen LogP contribution in [0.2, 0.25) is 0 Å². The van der Waals surface area contributed by atoms with Crippen LogP contribution < -0.4 is 5.32 Å². The van der Waals surface area contributed by atoms with Gasteiger partial charge in [0, 0.05) is 19.3 Å². The summed E-state index contributed by atoms with van der Waals surface area (Å²) in [7, 11) is 0. The maximum absolute atomic E-state index is 11.3. The predicted molar refractivity (Wildman–Crippen MR) is 46.8 cm³/mol. The van der Waals surface area contributed by atoms with Crippen LogP contribution in [0.15, 0.2) is 0 Å². The highest BCUT2D eigenvalue weighted by Gasteiger charge is 2.19. The molecule has 1 aliphatic heterocycles. The molecule has 1 amide bonds. The van der Waals surface area contributed by atoms with Crippen molar-refractivity contribution in [1.29, 1.82) is 5.26 Å². The molecule has 0 radical (unpaired) electrons. The van der Waals surface area contributed by atoms with E-state index in [1.807, 2.05) is 6.07 Å². The fourth-order valence-corrected chi connectivity index (χ4v) is 1.23. The summed E-state index contributed by atoms with van der Waals surface area (Å²) < 4.78 is 5.15. The monoisotopic (exact) mass is 182 g/mol. The Hall–Kier alpha value is -1.08. The first kappa shape index (κ1) is 10.0. The van der Waals surface area contributed by atoms with Crippen molar-refractivity contribution in [2.24, 2.45) is 5.92 Å². The van der Waals surface area contributed by atoms with E-state index in [1.165, 1.54) is 0 Å². The Kier molecular flexibility index (Phi) is 3.71. The number of hydrogen-bond donors (Lipinski definition) is 1. The largest absolute Gasteiger partial charge is 0.381 e. The summed E-state index contributed by atoms with van der Waals surface area (Å²) in [5, 5.41) is 11.3. The van der Waals surface area contributed by atoms with Gasteiger partial charge >= 0.3 is 0 Å². The molecule has 1 aliphatic rings. The Morgan fingerprint density at radius 3 is 2.77 bits per heavy atom. The Morgan fingerprint density at radius 1 is 1.62 bits per heavy atom. The van der Waals surface area contributed by atoms with Gasteiger partial charge in [-0.05, 0) is 19.8 Å². The summed E-state index contributed by atoms with van der Waals surface area (Å²) >= 11 is 0. The number of carbonyl (C=O) groups excluding carboxylic acids is 1. The summed E-state index contributed by atoms with van der Waals surface area (Å²) in [6, 6.07) is 2.10. The van der Waals surface area contributed by atoms with Crippen LogP contribution in [0.5, 0.6) is 0 Å². The molecule has 0 bridgehead atoms. The van der Waals surface area contributed by atoms with E-state index in [2.05, 4.69) is 5.32 Å². The van der Waals surface area contributed by atoms with Gasteiger partial charge in [0.2, 0.25) is 5.91 Å². The van der Waals surface area contributed by atoms with Crippen molar-refractivity contribution in [3.63, 3.8) is 0 Å². The second kappa shape index (κ2) is 4.83. The van der Waals surface area contributed by atoms with E-state index in [-0.39, 0.29) is 11.9 Å². The second-order valence-electron chi connectivity index (χ2n) is 3.25. The van der Waals surface area contributed by atoms with E-state index in [0.29, 0.717) is 13.2 Å². The summed E-state index contributed by atoms with van der Waals surface area (Å²) in [4.78, 5) is 11.3. The molecule has 1 heterocycles. The minimum Gasteiger partial charge on any atom is -0.381 e. The second-order valence-corrected chi connectivity index (χ2v) is 3.25. The lowest BCUT2D eigenvalue weighted by Gasteiger charge is -2.23. The minimum atomic E-state index is -0.553. The fourth-order valence-electron chi connectivity index (χ4n) is 1.23. The molecule has 1 saturated heterocycles. The van der Waals surface area contributed by atoms with E-state index in [4.69, 9.17) is 10.00 Å². The molecular formula is C9H14N2O2. The van der Waals surface area contributed by atoms with Gasteiger partial charge in [0.25, 0.3) is 0 Å². The third kappa shape index (κ3) is 3.03. The first-order valence-electron chi connectivity index (χ1n) is 4.51. The van der Waals surface area contributed by atoms with Crippen LogP contribution in [-0.4, -0.2) is 25.2 Å². The molecule has 0 aromatic heterocycles. The Labute approximate surface area is 77.9 Å². The van der Waals surface area contributed by atoms with Crippen LogP contribution in [0, 0.1) is 17.2 Å². The van der Waals surface area contributed by atoms with E-state index >= 15 is 0 Å². The van der Waals surface area contributed by atoms with E-state index in [9.17, 15) is 4.79 Å². The Morgan fingerprint density at radius 2 is 2.23 bits per heavy atom. The maximum atomic E-state index is 11.3. The number of ether oxygens (including phenoxy) is 1. The third-order valence-corrected chi connectivity index (χ3v) is 2.15. The summed E-state index contributed by atoms with van der Waals surface area (Å²) in [5.41, 5.74) is 0. The van der Waals surface area contributed by atoms with E-state index in [0.717, 1.165) is 12.8 Å². The molecule has 4 heteroatoms. The molecule has 0 saturated carbocycles. The average Bonchev–Trinajstić information content (AvgIpc) is 2.18. The zero-order valence-electron chi connectivity index (χ0n) is 7.75. The van der Waals surface area contributed by atoms with Gasteiger partial charge in [-0.2, -0.15) is 5.26 Å². The lowest BCUT2D eigenvalue weighted by Crippen LogP contribution is -2.41. The number of rotatable bonds is 2. The molecule has 1 rings (SSSR count). The highest BCUT2D eigenvalue weighted by molar-refractivity contribution is 5.80. The predicted octanol–water partition coefficient (Wildman–Crippen LogP) is 0.441. The molecule has 72 valence electrons. The number of carbonyl (C=O) groups is 1. The van der Waals surface area contributed by atoms with Crippen LogP contribution >= 0.6 is 0 Å². The summed E-state index contributed by atoms with van der Waals surface area (Å²) in [5.74, 6) is -0.725. The fraction of sp³-hybridized carbons (Fsp3) is 0.778. The van der Waals surface area contributed by atoms with Crippen molar-refractivity contribution < 1.29 is 9.53 Å². The highest BCUT2D eigenvalue weighted by Crippen LogP contribution is 2.07. The zero-order chi connectivity index (χ0) is 9.68. The average molecular weight is 182 g/mol. The topological polar surface area (TPSA) is 62.1 Å². The molecule has 13 heavy (non-hydrogen) atoms.